The van der Waals surface area contributed by atoms with Crippen molar-refractivity contribution in [3.8, 4) is 5.69 Å². The fourth-order valence-corrected chi connectivity index (χ4v) is 4.81. The summed E-state index contributed by atoms with van der Waals surface area (Å²) < 4.78 is 5.06. The van der Waals surface area contributed by atoms with Crippen molar-refractivity contribution < 1.29 is 0 Å². The van der Waals surface area contributed by atoms with Crippen LogP contribution >= 0.6 is 23.8 Å². The van der Waals surface area contributed by atoms with E-state index in [1.54, 1.807) is 0 Å². The Morgan fingerprint density at radius 1 is 1.11 bits per heavy atom. The van der Waals surface area contributed by atoms with E-state index in [1.807, 2.05) is 12.1 Å². The number of aryl methyl sites for hydroxylation is 1. The summed E-state index contributed by atoms with van der Waals surface area (Å²) in [6.45, 7) is 3.22. The van der Waals surface area contributed by atoms with Crippen molar-refractivity contribution in [2.24, 2.45) is 5.92 Å². The topological polar surface area (TPSA) is 26.0 Å². The van der Waals surface area contributed by atoms with Crippen LogP contribution in [0.5, 0.6) is 0 Å². The summed E-state index contributed by atoms with van der Waals surface area (Å²) in [5.41, 5.74) is 1.08. The number of hydrogen-bond donors (Lipinski definition) is 0. The van der Waals surface area contributed by atoms with E-state index in [0.29, 0.717) is 5.92 Å². The Morgan fingerprint density at radius 3 is 2.50 bits per heavy atom. The van der Waals surface area contributed by atoms with Crippen molar-refractivity contribution in [1.82, 2.24) is 19.2 Å². The highest BCUT2D eigenvalue weighted by atomic mass is 35.5. The zero-order chi connectivity index (χ0) is 19.5. The molecule has 152 valence electrons. The van der Waals surface area contributed by atoms with Crippen molar-refractivity contribution in [1.29, 1.82) is 0 Å². The van der Waals surface area contributed by atoms with E-state index in [-0.39, 0.29) is 0 Å². The minimum Gasteiger partial charge on any atom is -0.306 e. The number of aromatic nitrogens is 3. The van der Waals surface area contributed by atoms with Crippen LogP contribution in [0.1, 0.15) is 63.1 Å². The molecule has 2 aliphatic carbocycles. The fraction of sp³-hybridized carbons (Fsp3) is 0.636. The Kier molecular flexibility index (Phi) is 6.54. The quantitative estimate of drug-likeness (QED) is 0.504. The van der Waals surface area contributed by atoms with Gasteiger partial charge in [0.25, 0.3) is 0 Å². The number of benzene rings is 1. The van der Waals surface area contributed by atoms with Crippen LogP contribution in [0, 0.1) is 10.7 Å². The lowest BCUT2D eigenvalue weighted by atomic mass is 9.88. The van der Waals surface area contributed by atoms with Gasteiger partial charge in [-0.1, -0.05) is 30.9 Å². The maximum Gasteiger partial charge on any atom is 0.202 e. The van der Waals surface area contributed by atoms with Gasteiger partial charge in [-0.05, 0) is 88.1 Å². The third-order valence-corrected chi connectivity index (χ3v) is 6.74. The maximum atomic E-state index is 6.11. The van der Waals surface area contributed by atoms with Crippen LogP contribution in [0.25, 0.3) is 5.69 Å². The summed E-state index contributed by atoms with van der Waals surface area (Å²) in [5, 5.41) is 5.78. The second-order valence-electron chi connectivity index (χ2n) is 8.57. The van der Waals surface area contributed by atoms with Crippen LogP contribution in [0.3, 0.4) is 0 Å². The molecule has 0 aliphatic heterocycles. The molecule has 2 saturated carbocycles. The van der Waals surface area contributed by atoms with Crippen molar-refractivity contribution in [2.45, 2.75) is 63.8 Å². The molecule has 0 spiro atoms. The van der Waals surface area contributed by atoms with Crippen molar-refractivity contribution in [2.75, 3.05) is 20.1 Å². The van der Waals surface area contributed by atoms with Gasteiger partial charge in [0.2, 0.25) is 4.77 Å². The SMILES string of the molecule is CN(CCCn1nc(C2CCCCC2)n(-c2ccc(Cl)cc2)c1=S)CC1CC1. The van der Waals surface area contributed by atoms with Crippen molar-refractivity contribution in [3.63, 3.8) is 0 Å². The lowest BCUT2D eigenvalue weighted by Crippen LogP contribution is -2.23. The van der Waals surface area contributed by atoms with Gasteiger partial charge in [0, 0.05) is 29.7 Å². The molecule has 1 heterocycles. The summed E-state index contributed by atoms with van der Waals surface area (Å²) in [6, 6.07) is 7.99. The molecule has 2 aliphatic rings. The Balaban J connectivity index is 1.54. The number of halogens is 1. The summed E-state index contributed by atoms with van der Waals surface area (Å²) in [4.78, 5) is 2.46. The maximum absolute atomic E-state index is 6.11. The summed E-state index contributed by atoms with van der Waals surface area (Å²) >= 11 is 12.0. The van der Waals surface area contributed by atoms with E-state index < -0.39 is 0 Å². The van der Waals surface area contributed by atoms with E-state index in [4.69, 9.17) is 28.9 Å². The van der Waals surface area contributed by atoms with Gasteiger partial charge in [0.15, 0.2) is 0 Å². The third kappa shape index (κ3) is 4.87. The molecule has 0 N–H and O–H groups in total. The highest BCUT2D eigenvalue weighted by molar-refractivity contribution is 7.71. The van der Waals surface area contributed by atoms with Crippen LogP contribution in [0.2, 0.25) is 5.02 Å². The highest BCUT2D eigenvalue weighted by Crippen LogP contribution is 2.33. The molecule has 2 fully saturated rings. The largest absolute Gasteiger partial charge is 0.306 e. The smallest absolute Gasteiger partial charge is 0.202 e. The molecule has 28 heavy (non-hydrogen) atoms. The second-order valence-corrected chi connectivity index (χ2v) is 9.37. The summed E-state index contributed by atoms with van der Waals surface area (Å²) in [5.74, 6) is 2.58. The molecular formula is C22H31ClN4S. The van der Waals surface area contributed by atoms with Gasteiger partial charge in [0.05, 0.1) is 0 Å². The van der Waals surface area contributed by atoms with E-state index in [1.165, 1.54) is 51.5 Å². The first kappa shape index (κ1) is 20.1. The Morgan fingerprint density at radius 2 is 1.82 bits per heavy atom. The molecule has 6 heteroatoms. The Bertz CT molecular complexity index is 831. The molecule has 0 bridgehead atoms. The molecule has 0 radical (unpaired) electrons. The predicted molar refractivity (Wildman–Crippen MR) is 118 cm³/mol. The monoisotopic (exact) mass is 418 g/mol. The summed E-state index contributed by atoms with van der Waals surface area (Å²) in [7, 11) is 2.23. The molecule has 0 atom stereocenters. The second kappa shape index (κ2) is 9.10. The minimum absolute atomic E-state index is 0.505. The zero-order valence-corrected chi connectivity index (χ0v) is 18.4. The molecule has 2 aromatic rings. The number of rotatable bonds is 8. The molecule has 0 unspecified atom stereocenters. The van der Waals surface area contributed by atoms with Gasteiger partial charge >= 0.3 is 0 Å². The van der Waals surface area contributed by atoms with Crippen LogP contribution in [0.15, 0.2) is 24.3 Å². The van der Waals surface area contributed by atoms with Crippen LogP contribution in [-0.4, -0.2) is 39.4 Å². The van der Waals surface area contributed by atoms with Gasteiger partial charge < -0.3 is 4.90 Å². The van der Waals surface area contributed by atoms with Crippen molar-refractivity contribution in [3.05, 3.63) is 39.9 Å². The first-order chi connectivity index (χ1) is 13.6. The number of hydrogen-bond acceptors (Lipinski definition) is 3. The first-order valence-electron chi connectivity index (χ1n) is 10.8. The predicted octanol–water partition coefficient (Wildman–Crippen LogP) is 5.84. The van der Waals surface area contributed by atoms with Gasteiger partial charge in [-0.15, -0.1) is 0 Å². The molecule has 1 aromatic heterocycles. The van der Waals surface area contributed by atoms with Gasteiger partial charge in [-0.2, -0.15) is 5.10 Å². The first-order valence-corrected chi connectivity index (χ1v) is 11.5. The minimum atomic E-state index is 0.505. The third-order valence-electron chi connectivity index (χ3n) is 6.10. The van der Waals surface area contributed by atoms with Gasteiger partial charge in [-0.25, -0.2) is 4.68 Å². The highest BCUT2D eigenvalue weighted by Gasteiger charge is 2.24. The fourth-order valence-electron chi connectivity index (χ4n) is 4.35. The van der Waals surface area contributed by atoms with Crippen LogP contribution < -0.4 is 0 Å². The van der Waals surface area contributed by atoms with Crippen LogP contribution in [-0.2, 0) is 6.54 Å². The molecule has 4 rings (SSSR count). The van der Waals surface area contributed by atoms with E-state index >= 15 is 0 Å². The molecule has 0 saturated heterocycles. The average molecular weight is 419 g/mol. The molecular weight excluding hydrogens is 388 g/mol. The Hall–Kier alpha value is -1.17. The zero-order valence-electron chi connectivity index (χ0n) is 16.8. The molecule has 0 amide bonds. The molecule has 4 nitrogen and oxygen atoms in total. The molecule has 1 aromatic carbocycles. The van der Waals surface area contributed by atoms with Crippen molar-refractivity contribution >= 4 is 23.8 Å². The summed E-state index contributed by atoms with van der Waals surface area (Å²) in [6.07, 6.45) is 10.2. The average Bonchev–Trinajstić information content (AvgIpc) is 3.46. The standard InChI is InChI=1S/C22H31ClN4S/c1-25(16-17-8-9-17)14-5-15-26-22(28)27(20-12-10-19(23)11-13-20)21(24-26)18-6-3-2-4-7-18/h10-13,17-18H,2-9,14-16H2,1H3. The lowest BCUT2D eigenvalue weighted by Gasteiger charge is -2.21. The normalized spacial score (nSPS) is 18.1. The number of nitrogens with zero attached hydrogens (tertiary/aromatic N) is 4. The van der Waals surface area contributed by atoms with Gasteiger partial charge in [0.1, 0.15) is 5.82 Å². The van der Waals surface area contributed by atoms with E-state index in [9.17, 15) is 0 Å². The van der Waals surface area contributed by atoms with E-state index in [2.05, 4.69) is 33.3 Å². The van der Waals surface area contributed by atoms with E-state index in [0.717, 1.165) is 46.7 Å². The van der Waals surface area contributed by atoms with Crippen LogP contribution in [0.4, 0.5) is 0 Å². The van der Waals surface area contributed by atoms with Gasteiger partial charge in [-0.3, -0.25) is 4.57 Å². The lowest BCUT2D eigenvalue weighted by molar-refractivity contribution is 0.305. The Labute approximate surface area is 178 Å².